The van der Waals surface area contributed by atoms with Crippen LogP contribution in [0, 0.1) is 23.7 Å². The summed E-state index contributed by atoms with van der Waals surface area (Å²) in [4.78, 5) is 19.3. The summed E-state index contributed by atoms with van der Waals surface area (Å²) in [5.41, 5.74) is 1.23. The molecule has 4 bridgehead atoms. The van der Waals surface area contributed by atoms with Crippen LogP contribution in [0.4, 0.5) is 0 Å². The highest BCUT2D eigenvalue weighted by Gasteiger charge is 2.58. The second kappa shape index (κ2) is 4.08. The lowest BCUT2D eigenvalue weighted by Gasteiger charge is -2.57. The van der Waals surface area contributed by atoms with Gasteiger partial charge in [-0.05, 0) is 56.1 Å². The molecule has 0 saturated heterocycles. The van der Waals surface area contributed by atoms with Gasteiger partial charge in [0.1, 0.15) is 11.0 Å². The second-order valence-corrected chi connectivity index (χ2v) is 7.69. The minimum atomic E-state index is -0.266. The molecule has 3 heterocycles. The van der Waals surface area contributed by atoms with Gasteiger partial charge >= 0.3 is 0 Å². The van der Waals surface area contributed by atoms with Crippen molar-refractivity contribution in [3.63, 3.8) is 0 Å². The number of ether oxygens (including phenoxy) is 1. The van der Waals surface area contributed by atoms with Crippen LogP contribution in [-0.2, 0) is 0 Å². The van der Waals surface area contributed by atoms with E-state index in [1.165, 1.54) is 32.1 Å². The first kappa shape index (κ1) is 12.4. The van der Waals surface area contributed by atoms with Crippen molar-refractivity contribution in [1.29, 1.82) is 0 Å². The summed E-state index contributed by atoms with van der Waals surface area (Å²) in [6.45, 7) is 0. The average molecular weight is 306 g/mol. The van der Waals surface area contributed by atoms with E-state index in [-0.39, 0.29) is 5.66 Å². The Labute approximate surface area is 133 Å². The lowest BCUT2D eigenvalue weighted by Crippen LogP contribution is -2.57. The van der Waals surface area contributed by atoms with Crippen LogP contribution >= 0.6 is 0 Å². The molecule has 23 heavy (non-hydrogen) atoms. The van der Waals surface area contributed by atoms with Gasteiger partial charge in [-0.3, -0.25) is 4.99 Å². The van der Waals surface area contributed by atoms with Gasteiger partial charge in [-0.25, -0.2) is 9.98 Å². The molecule has 4 aliphatic carbocycles. The lowest BCUT2D eigenvalue weighted by molar-refractivity contribution is -0.0518. The second-order valence-electron chi connectivity index (χ2n) is 7.69. The largest absolute Gasteiger partial charge is 0.445 e. The molecule has 0 unspecified atom stereocenters. The zero-order valence-corrected chi connectivity index (χ0v) is 12.9. The summed E-state index contributed by atoms with van der Waals surface area (Å²) in [7, 11) is 0. The molecule has 2 aliphatic heterocycles. The zero-order chi connectivity index (χ0) is 15.0. The molecule has 0 amide bonds. The monoisotopic (exact) mass is 306 g/mol. The van der Waals surface area contributed by atoms with E-state index < -0.39 is 0 Å². The third-order valence-electron chi connectivity index (χ3n) is 6.43. The number of rotatable bonds is 0. The van der Waals surface area contributed by atoms with Gasteiger partial charge in [0, 0.05) is 11.8 Å². The fourth-order valence-corrected chi connectivity index (χ4v) is 5.67. The van der Waals surface area contributed by atoms with Gasteiger partial charge in [0.15, 0.2) is 11.2 Å². The number of hydrogen-bond acceptors (Lipinski definition) is 5. The fourth-order valence-electron chi connectivity index (χ4n) is 5.67. The molecule has 0 aromatic carbocycles. The zero-order valence-electron chi connectivity index (χ0n) is 12.9. The highest BCUT2D eigenvalue weighted by atomic mass is 16.5. The molecule has 1 aromatic heterocycles. The molecule has 1 spiro atoms. The molecule has 1 aromatic rings. The molecular formula is C18H18N4O. The van der Waals surface area contributed by atoms with Crippen molar-refractivity contribution in [3.05, 3.63) is 28.9 Å². The van der Waals surface area contributed by atoms with E-state index in [4.69, 9.17) is 14.7 Å². The molecule has 0 atom stereocenters. The first-order valence-corrected chi connectivity index (χ1v) is 8.67. The van der Waals surface area contributed by atoms with Gasteiger partial charge in [0.05, 0.1) is 12.5 Å². The Kier molecular flexibility index (Phi) is 2.20. The molecule has 5 nitrogen and oxygen atoms in total. The molecular weight excluding hydrogens is 288 g/mol. The number of nitrogens with zero attached hydrogens (tertiary/aromatic N) is 4. The van der Waals surface area contributed by atoms with Gasteiger partial charge in [-0.1, -0.05) is 0 Å². The Morgan fingerprint density at radius 1 is 1.00 bits per heavy atom. The lowest BCUT2D eigenvalue weighted by atomic mass is 9.51. The average Bonchev–Trinajstić information content (AvgIpc) is 2.57. The number of aliphatic imine (C=N–C) groups is 1. The van der Waals surface area contributed by atoms with Gasteiger partial charge in [-0.2, -0.15) is 4.98 Å². The fraction of sp³-hybridized carbons (Fsp3) is 0.556. The molecule has 5 heteroatoms. The van der Waals surface area contributed by atoms with Crippen LogP contribution in [0.15, 0.2) is 22.3 Å². The standard InChI is InChI=1S/C18H18N4O/c1-2-14-17(23-3-1)21-16-15(20-14)9-19-18(22-16)12-5-10-4-11(7-12)8-13(18)6-10/h1-3,9-13H,4-8H2. The summed E-state index contributed by atoms with van der Waals surface area (Å²) in [6, 6.07) is 0. The molecule has 0 radical (unpaired) electrons. The van der Waals surface area contributed by atoms with Crippen LogP contribution in [0.2, 0.25) is 0 Å². The third-order valence-corrected chi connectivity index (χ3v) is 6.43. The van der Waals surface area contributed by atoms with E-state index in [9.17, 15) is 0 Å². The van der Waals surface area contributed by atoms with Crippen LogP contribution in [0.3, 0.4) is 0 Å². The van der Waals surface area contributed by atoms with E-state index in [0.29, 0.717) is 17.7 Å². The topological polar surface area (TPSA) is 59.7 Å². The molecule has 0 N–H and O–H groups in total. The van der Waals surface area contributed by atoms with Crippen LogP contribution in [0.1, 0.15) is 37.8 Å². The maximum Gasteiger partial charge on any atom is 0.247 e. The molecule has 6 aliphatic rings. The summed E-state index contributed by atoms with van der Waals surface area (Å²) in [5, 5.41) is 0.758. The van der Waals surface area contributed by atoms with E-state index in [2.05, 4.69) is 9.97 Å². The Morgan fingerprint density at radius 3 is 2.57 bits per heavy atom. The minimum absolute atomic E-state index is 0.266. The van der Waals surface area contributed by atoms with E-state index in [0.717, 1.165) is 28.4 Å². The van der Waals surface area contributed by atoms with Gasteiger partial charge in [-0.15, -0.1) is 0 Å². The highest BCUT2D eigenvalue weighted by molar-refractivity contribution is 5.77. The molecule has 4 fully saturated rings. The van der Waals surface area contributed by atoms with Crippen molar-refractivity contribution in [2.45, 2.75) is 37.8 Å². The number of allylic oxidation sites excluding steroid dienone is 1. The van der Waals surface area contributed by atoms with Crippen molar-refractivity contribution in [2.75, 3.05) is 0 Å². The predicted molar refractivity (Wildman–Crippen MR) is 84.4 cm³/mol. The summed E-state index contributed by atoms with van der Waals surface area (Å²) in [6.07, 6.45) is 13.9. The summed E-state index contributed by atoms with van der Waals surface area (Å²) < 4.78 is 5.49. The number of hydrogen-bond donors (Lipinski definition) is 0. The van der Waals surface area contributed by atoms with E-state index >= 15 is 0 Å². The van der Waals surface area contributed by atoms with Crippen molar-refractivity contribution in [1.82, 2.24) is 9.97 Å². The first-order chi connectivity index (χ1) is 11.3. The van der Waals surface area contributed by atoms with Crippen LogP contribution in [0.25, 0.3) is 6.08 Å². The Morgan fingerprint density at radius 2 is 1.78 bits per heavy atom. The van der Waals surface area contributed by atoms with Crippen molar-refractivity contribution < 1.29 is 4.74 Å². The Bertz CT molecular complexity index is 857. The van der Waals surface area contributed by atoms with E-state index in [1.54, 1.807) is 6.26 Å². The normalized spacial score (nSPS) is 41.0. The van der Waals surface area contributed by atoms with Crippen molar-refractivity contribution in [2.24, 2.45) is 33.7 Å². The van der Waals surface area contributed by atoms with E-state index in [1.807, 2.05) is 18.4 Å². The molecule has 4 saturated carbocycles. The van der Waals surface area contributed by atoms with Crippen molar-refractivity contribution in [3.8, 4) is 5.88 Å². The quantitative estimate of drug-likeness (QED) is 0.727. The summed E-state index contributed by atoms with van der Waals surface area (Å²) in [5.74, 6) is 3.56. The SMILES string of the molecule is C1=COc2nc3c(nc2=C1)C=NC1(N=3)C2CC3CC(C2)CC1C3. The number of aromatic nitrogens is 2. The van der Waals surface area contributed by atoms with Crippen LogP contribution in [0.5, 0.6) is 5.88 Å². The summed E-state index contributed by atoms with van der Waals surface area (Å²) >= 11 is 0. The van der Waals surface area contributed by atoms with Gasteiger partial charge in [0.25, 0.3) is 0 Å². The van der Waals surface area contributed by atoms with Crippen molar-refractivity contribution >= 4 is 12.3 Å². The minimum Gasteiger partial charge on any atom is -0.445 e. The van der Waals surface area contributed by atoms with Crippen LogP contribution in [-0.4, -0.2) is 21.8 Å². The Hall–Kier alpha value is -2.04. The first-order valence-electron chi connectivity index (χ1n) is 8.67. The Balaban J connectivity index is 1.54. The van der Waals surface area contributed by atoms with Gasteiger partial charge in [0.2, 0.25) is 5.88 Å². The highest BCUT2D eigenvalue weighted by Crippen LogP contribution is 2.60. The predicted octanol–water partition coefficient (Wildman–Crippen LogP) is 1.37. The molecule has 7 rings (SSSR count). The van der Waals surface area contributed by atoms with Crippen LogP contribution < -0.4 is 15.6 Å². The van der Waals surface area contributed by atoms with Gasteiger partial charge < -0.3 is 4.74 Å². The maximum atomic E-state index is 5.49. The smallest absolute Gasteiger partial charge is 0.247 e. The maximum absolute atomic E-state index is 5.49. The third kappa shape index (κ3) is 1.57. The number of fused-ring (bicyclic) bond motifs is 2. The molecule has 116 valence electrons.